The molecule has 1 N–H and O–H groups in total. The van der Waals surface area contributed by atoms with Crippen LogP contribution in [0.2, 0.25) is 0 Å². The van der Waals surface area contributed by atoms with E-state index in [0.717, 1.165) is 54.1 Å². The van der Waals surface area contributed by atoms with Gasteiger partial charge in [-0.25, -0.2) is 4.39 Å². The number of fused-ring (bicyclic) bond motifs is 2. The maximum atomic E-state index is 13.5. The van der Waals surface area contributed by atoms with Gasteiger partial charge in [0, 0.05) is 68.1 Å². The number of allylic oxidation sites excluding steroid dienone is 1. The molecule has 1 aromatic heterocycles. The van der Waals surface area contributed by atoms with Gasteiger partial charge in [0.05, 0.1) is 18.2 Å². The number of rotatable bonds is 5. The molecule has 1 saturated heterocycles. The van der Waals surface area contributed by atoms with Crippen molar-refractivity contribution in [2.45, 2.75) is 13.5 Å². The number of ether oxygens (including phenoxy) is 2. The van der Waals surface area contributed by atoms with E-state index in [0.29, 0.717) is 29.0 Å². The molecular weight excluding hydrogens is 497 g/mol. The van der Waals surface area contributed by atoms with E-state index < -0.39 is 0 Å². The van der Waals surface area contributed by atoms with Crippen molar-refractivity contribution in [1.82, 2.24) is 9.47 Å². The Hall–Kier alpha value is -4.30. The molecule has 3 aromatic carbocycles. The van der Waals surface area contributed by atoms with E-state index in [-0.39, 0.29) is 23.1 Å². The Morgan fingerprint density at radius 3 is 2.54 bits per heavy atom. The normalized spacial score (nSPS) is 16.7. The Morgan fingerprint density at radius 2 is 1.82 bits per heavy atom. The van der Waals surface area contributed by atoms with Gasteiger partial charge in [-0.05, 0) is 67.1 Å². The van der Waals surface area contributed by atoms with Crippen molar-refractivity contribution in [3.05, 3.63) is 88.6 Å². The van der Waals surface area contributed by atoms with Gasteiger partial charge in [0.1, 0.15) is 23.1 Å². The van der Waals surface area contributed by atoms with E-state index >= 15 is 0 Å². The number of carbonyl (C=O) groups excluding carboxylic acids is 1. The lowest BCUT2D eigenvalue weighted by molar-refractivity contribution is 0.101. The van der Waals surface area contributed by atoms with Crippen molar-refractivity contribution in [2.24, 2.45) is 7.05 Å². The number of anilines is 1. The molecule has 0 aliphatic carbocycles. The van der Waals surface area contributed by atoms with Crippen LogP contribution in [0.3, 0.4) is 0 Å². The van der Waals surface area contributed by atoms with Crippen LogP contribution in [-0.2, 0) is 13.6 Å². The number of hydrogen-bond acceptors (Lipinski definition) is 6. The van der Waals surface area contributed by atoms with Crippen LogP contribution in [0.4, 0.5) is 10.1 Å². The van der Waals surface area contributed by atoms with Crippen LogP contribution in [0, 0.1) is 12.7 Å². The average Bonchev–Trinajstić information content (AvgIpc) is 3.43. The number of benzene rings is 3. The lowest BCUT2D eigenvalue weighted by Gasteiger charge is -2.36. The SMILES string of the molecule is COc1ccc2c(c1)c(/C=C1/Oc3c(CN4CCN(c5ccc(F)cc5)CC4)c(O)cc(C)c3C1=O)cn2C. The van der Waals surface area contributed by atoms with E-state index in [2.05, 4.69) is 9.80 Å². The number of nitrogens with zero attached hydrogens (tertiary/aromatic N) is 3. The molecule has 1 fully saturated rings. The molecule has 0 unspecified atom stereocenters. The Balaban J connectivity index is 1.26. The number of piperazine rings is 1. The van der Waals surface area contributed by atoms with Crippen molar-refractivity contribution >= 4 is 28.4 Å². The molecular formula is C31H30FN3O4. The van der Waals surface area contributed by atoms with Crippen LogP contribution < -0.4 is 14.4 Å². The van der Waals surface area contributed by atoms with Gasteiger partial charge < -0.3 is 24.0 Å². The summed E-state index contributed by atoms with van der Waals surface area (Å²) in [4.78, 5) is 18.0. The standard InChI is InChI=1S/C31H30FN3O4/c1-19-14-27(36)25(18-34-10-12-35(13-11-34)22-6-4-21(32)5-7-22)31-29(19)30(37)28(39-31)15-20-17-33(2)26-9-8-23(38-3)16-24(20)26/h4-9,14-17,36H,10-13,18H2,1-3H3/b28-15+. The molecule has 0 amide bonds. The third kappa shape index (κ3) is 4.51. The van der Waals surface area contributed by atoms with Gasteiger partial charge in [-0.15, -0.1) is 0 Å². The van der Waals surface area contributed by atoms with Crippen LogP contribution in [0.15, 0.2) is 60.5 Å². The second-order valence-electron chi connectivity index (χ2n) is 10.2. The van der Waals surface area contributed by atoms with Crippen molar-refractivity contribution in [3.8, 4) is 17.2 Å². The van der Waals surface area contributed by atoms with Gasteiger partial charge >= 0.3 is 0 Å². The monoisotopic (exact) mass is 527 g/mol. The van der Waals surface area contributed by atoms with Gasteiger partial charge in [-0.3, -0.25) is 9.69 Å². The first-order chi connectivity index (χ1) is 18.8. The molecule has 0 radical (unpaired) electrons. The Bertz CT molecular complexity index is 1620. The number of halogens is 1. The molecule has 39 heavy (non-hydrogen) atoms. The maximum Gasteiger partial charge on any atom is 0.232 e. The number of hydrogen-bond donors (Lipinski definition) is 1. The zero-order valence-electron chi connectivity index (χ0n) is 22.2. The molecule has 6 rings (SSSR count). The Kier molecular flexibility index (Phi) is 6.27. The lowest BCUT2D eigenvalue weighted by atomic mass is 9.99. The van der Waals surface area contributed by atoms with Crippen molar-refractivity contribution < 1.29 is 23.8 Å². The fraction of sp³-hybridized carbons (Fsp3) is 0.258. The summed E-state index contributed by atoms with van der Waals surface area (Å²) in [6, 6.07) is 14.0. The van der Waals surface area contributed by atoms with Crippen LogP contribution in [0.25, 0.3) is 17.0 Å². The third-order valence-corrected chi connectivity index (χ3v) is 7.68. The first kappa shape index (κ1) is 25.0. The predicted octanol–water partition coefficient (Wildman–Crippen LogP) is 5.28. The maximum absolute atomic E-state index is 13.5. The Labute approximate surface area is 226 Å². The number of aryl methyl sites for hydroxylation is 2. The molecule has 0 atom stereocenters. The third-order valence-electron chi connectivity index (χ3n) is 7.68. The quantitative estimate of drug-likeness (QED) is 0.357. The van der Waals surface area contributed by atoms with Crippen molar-refractivity contribution in [3.63, 3.8) is 0 Å². The average molecular weight is 528 g/mol. The lowest BCUT2D eigenvalue weighted by Crippen LogP contribution is -2.46. The van der Waals surface area contributed by atoms with Gasteiger partial charge in [-0.1, -0.05) is 0 Å². The molecule has 8 heteroatoms. The van der Waals surface area contributed by atoms with Crippen LogP contribution in [0.1, 0.15) is 27.0 Å². The fourth-order valence-electron chi connectivity index (χ4n) is 5.56. The molecule has 3 heterocycles. The highest BCUT2D eigenvalue weighted by Gasteiger charge is 2.34. The summed E-state index contributed by atoms with van der Waals surface area (Å²) < 4.78 is 26.9. The number of aromatic nitrogens is 1. The molecule has 200 valence electrons. The predicted molar refractivity (Wildman–Crippen MR) is 149 cm³/mol. The number of carbonyl (C=O) groups is 1. The summed E-state index contributed by atoms with van der Waals surface area (Å²) in [6.45, 7) is 5.34. The molecule has 0 saturated carbocycles. The number of phenolic OH excluding ortho intramolecular Hbond substituents is 1. The first-order valence-corrected chi connectivity index (χ1v) is 13.0. The van der Waals surface area contributed by atoms with Gasteiger partial charge in [-0.2, -0.15) is 0 Å². The zero-order valence-corrected chi connectivity index (χ0v) is 22.2. The highest BCUT2D eigenvalue weighted by atomic mass is 19.1. The summed E-state index contributed by atoms with van der Waals surface area (Å²) in [5.74, 6) is 1.09. The Morgan fingerprint density at radius 1 is 1.08 bits per heavy atom. The summed E-state index contributed by atoms with van der Waals surface area (Å²) in [5, 5.41) is 11.9. The van der Waals surface area contributed by atoms with Crippen molar-refractivity contribution in [2.75, 3.05) is 38.2 Å². The highest BCUT2D eigenvalue weighted by Crippen LogP contribution is 2.43. The molecule has 0 spiro atoms. The van der Waals surface area contributed by atoms with E-state index in [1.165, 1.54) is 12.1 Å². The van der Waals surface area contributed by atoms with E-state index in [1.54, 1.807) is 31.4 Å². The summed E-state index contributed by atoms with van der Waals surface area (Å²) in [7, 11) is 3.58. The van der Waals surface area contributed by atoms with Crippen LogP contribution >= 0.6 is 0 Å². The van der Waals surface area contributed by atoms with Crippen LogP contribution in [-0.4, -0.2) is 53.6 Å². The zero-order chi connectivity index (χ0) is 27.3. The number of phenols is 1. The van der Waals surface area contributed by atoms with E-state index in [1.807, 2.05) is 42.9 Å². The van der Waals surface area contributed by atoms with Gasteiger partial charge in [0.25, 0.3) is 0 Å². The van der Waals surface area contributed by atoms with E-state index in [4.69, 9.17) is 9.47 Å². The second-order valence-corrected chi connectivity index (χ2v) is 10.2. The number of aromatic hydroxyl groups is 1. The minimum Gasteiger partial charge on any atom is -0.507 e. The number of Topliss-reactive ketones (excluding diaryl/α,β-unsaturated/α-hetero) is 1. The topological polar surface area (TPSA) is 67.2 Å². The van der Waals surface area contributed by atoms with Crippen LogP contribution in [0.5, 0.6) is 17.2 Å². The molecule has 7 nitrogen and oxygen atoms in total. The largest absolute Gasteiger partial charge is 0.507 e. The van der Waals surface area contributed by atoms with Gasteiger partial charge in [0.2, 0.25) is 5.78 Å². The smallest absolute Gasteiger partial charge is 0.232 e. The van der Waals surface area contributed by atoms with Gasteiger partial charge in [0.15, 0.2) is 5.76 Å². The fourth-order valence-corrected chi connectivity index (χ4v) is 5.56. The van der Waals surface area contributed by atoms with E-state index in [9.17, 15) is 14.3 Å². The number of methoxy groups -OCH3 is 1. The summed E-state index contributed by atoms with van der Waals surface area (Å²) in [6.07, 6.45) is 3.73. The summed E-state index contributed by atoms with van der Waals surface area (Å²) in [5.41, 5.74) is 4.65. The second kappa shape index (κ2) is 9.78. The highest BCUT2D eigenvalue weighted by molar-refractivity contribution is 6.16. The molecule has 0 bridgehead atoms. The summed E-state index contributed by atoms with van der Waals surface area (Å²) >= 11 is 0. The molecule has 4 aromatic rings. The molecule has 2 aliphatic rings. The minimum atomic E-state index is -0.246. The first-order valence-electron chi connectivity index (χ1n) is 13.0. The minimum absolute atomic E-state index is 0.121. The number of ketones is 1. The molecule has 2 aliphatic heterocycles. The van der Waals surface area contributed by atoms with Crippen molar-refractivity contribution in [1.29, 1.82) is 0 Å².